The number of hydrogen-bond acceptors (Lipinski definition) is 3. The summed E-state index contributed by atoms with van der Waals surface area (Å²) < 4.78 is 0. The molecule has 1 saturated carbocycles. The van der Waals surface area contributed by atoms with E-state index in [-0.39, 0.29) is 5.54 Å². The first-order valence-corrected chi connectivity index (χ1v) is 8.02. The van der Waals surface area contributed by atoms with Crippen molar-refractivity contribution in [3.63, 3.8) is 0 Å². The predicted octanol–water partition coefficient (Wildman–Crippen LogP) is 4.28. The second kappa shape index (κ2) is 5.30. The molecule has 0 bridgehead atoms. The Balaban J connectivity index is 2.19. The minimum absolute atomic E-state index is 0.0626. The van der Waals surface area contributed by atoms with Crippen LogP contribution in [0.4, 0.5) is 0 Å². The lowest BCUT2D eigenvalue weighted by Crippen LogP contribution is -2.44. The van der Waals surface area contributed by atoms with E-state index in [0.29, 0.717) is 12.0 Å². The van der Waals surface area contributed by atoms with Gasteiger partial charge in [-0.3, -0.25) is 0 Å². The second-order valence-corrected chi connectivity index (χ2v) is 7.37. The van der Waals surface area contributed by atoms with Gasteiger partial charge < -0.3 is 5.32 Å². The number of hydrogen-bond donors (Lipinski definition) is 1. The van der Waals surface area contributed by atoms with Gasteiger partial charge in [-0.2, -0.15) is 0 Å². The van der Waals surface area contributed by atoms with Crippen LogP contribution in [-0.4, -0.2) is 11.0 Å². The minimum atomic E-state index is 0.0626. The zero-order valence-electron chi connectivity index (χ0n) is 12.3. The van der Waals surface area contributed by atoms with Crippen molar-refractivity contribution >= 4 is 11.3 Å². The lowest BCUT2D eigenvalue weighted by Gasteiger charge is -2.31. The van der Waals surface area contributed by atoms with Gasteiger partial charge in [0.2, 0.25) is 0 Å². The van der Waals surface area contributed by atoms with E-state index in [1.165, 1.54) is 30.0 Å². The van der Waals surface area contributed by atoms with Crippen LogP contribution in [-0.2, 0) is 5.54 Å². The molecule has 0 aliphatic heterocycles. The highest BCUT2D eigenvalue weighted by atomic mass is 32.1. The average molecular weight is 266 g/mol. The summed E-state index contributed by atoms with van der Waals surface area (Å²) in [6.07, 6.45) is 4.03. The normalized spacial score (nSPS) is 19.5. The third kappa shape index (κ3) is 3.33. The van der Waals surface area contributed by atoms with E-state index in [1.807, 2.05) is 11.3 Å². The summed E-state index contributed by atoms with van der Waals surface area (Å²) in [5.41, 5.74) is 1.30. The summed E-state index contributed by atoms with van der Waals surface area (Å²) >= 11 is 1.82. The van der Waals surface area contributed by atoms with E-state index >= 15 is 0 Å². The van der Waals surface area contributed by atoms with E-state index < -0.39 is 0 Å². The fourth-order valence-electron chi connectivity index (χ4n) is 2.55. The molecule has 1 aromatic heterocycles. The molecule has 1 atom stereocenters. The quantitative estimate of drug-likeness (QED) is 0.831. The maximum atomic E-state index is 4.87. The maximum Gasteiger partial charge on any atom is 0.113 e. The van der Waals surface area contributed by atoms with E-state index in [2.05, 4.69) is 45.3 Å². The van der Waals surface area contributed by atoms with Crippen molar-refractivity contribution in [1.29, 1.82) is 0 Å². The van der Waals surface area contributed by atoms with Crippen LogP contribution in [0.15, 0.2) is 5.38 Å². The van der Waals surface area contributed by atoms with Crippen molar-refractivity contribution in [3.8, 4) is 0 Å². The summed E-state index contributed by atoms with van der Waals surface area (Å²) in [5, 5.41) is 7.24. The van der Waals surface area contributed by atoms with Gasteiger partial charge >= 0.3 is 0 Å². The van der Waals surface area contributed by atoms with Crippen LogP contribution in [0, 0.1) is 5.92 Å². The highest BCUT2D eigenvalue weighted by molar-refractivity contribution is 7.09. The van der Waals surface area contributed by atoms with Crippen molar-refractivity contribution in [3.05, 3.63) is 16.1 Å². The van der Waals surface area contributed by atoms with E-state index in [1.54, 1.807) is 0 Å². The molecule has 0 saturated heterocycles. The molecule has 1 fully saturated rings. The van der Waals surface area contributed by atoms with Crippen LogP contribution < -0.4 is 5.32 Å². The summed E-state index contributed by atoms with van der Waals surface area (Å²) in [6.45, 7) is 11.2. The van der Waals surface area contributed by atoms with Gasteiger partial charge in [0.15, 0.2) is 0 Å². The smallest absolute Gasteiger partial charge is 0.113 e. The molecular formula is C15H26N2S. The summed E-state index contributed by atoms with van der Waals surface area (Å²) in [7, 11) is 0. The maximum absolute atomic E-state index is 4.87. The molecule has 1 unspecified atom stereocenters. The molecule has 0 spiro atoms. The Morgan fingerprint density at radius 3 is 2.50 bits per heavy atom. The second-order valence-electron chi connectivity index (χ2n) is 6.51. The first-order valence-electron chi connectivity index (χ1n) is 7.14. The summed E-state index contributed by atoms with van der Waals surface area (Å²) in [6, 6.07) is 0.500. The van der Waals surface area contributed by atoms with Crippen LogP contribution in [0.3, 0.4) is 0 Å². The average Bonchev–Trinajstić information content (AvgIpc) is 2.91. The molecule has 3 heteroatoms. The lowest BCUT2D eigenvalue weighted by atomic mass is 9.94. The zero-order chi connectivity index (χ0) is 13.3. The molecule has 102 valence electrons. The first-order chi connectivity index (χ1) is 8.40. The molecule has 18 heavy (non-hydrogen) atoms. The number of nitrogens with one attached hydrogen (secondary N) is 1. The number of aromatic nitrogens is 1. The van der Waals surface area contributed by atoms with Crippen molar-refractivity contribution < 1.29 is 0 Å². The predicted molar refractivity (Wildman–Crippen MR) is 79.2 cm³/mol. The van der Waals surface area contributed by atoms with E-state index in [9.17, 15) is 0 Å². The molecule has 2 nitrogen and oxygen atoms in total. The number of thiazole rings is 1. The van der Waals surface area contributed by atoms with Crippen LogP contribution in [0.5, 0.6) is 0 Å². The summed E-state index contributed by atoms with van der Waals surface area (Å²) in [5.74, 6) is 1.44. The third-order valence-electron chi connectivity index (χ3n) is 3.59. The Morgan fingerprint density at radius 2 is 2.06 bits per heavy atom. The van der Waals surface area contributed by atoms with Gasteiger partial charge in [-0.25, -0.2) is 4.98 Å². The van der Waals surface area contributed by atoms with Gasteiger partial charge in [0.1, 0.15) is 5.01 Å². The molecule has 1 aliphatic carbocycles. The Kier molecular flexibility index (Phi) is 4.12. The molecule has 2 rings (SSSR count). The van der Waals surface area contributed by atoms with Gasteiger partial charge in [0.05, 0.1) is 11.2 Å². The molecule has 1 N–H and O–H groups in total. The highest BCUT2D eigenvalue weighted by Crippen LogP contribution is 2.42. The van der Waals surface area contributed by atoms with Gasteiger partial charge in [-0.1, -0.05) is 26.7 Å². The van der Waals surface area contributed by atoms with Crippen LogP contribution in [0.2, 0.25) is 0 Å². The van der Waals surface area contributed by atoms with Crippen LogP contribution >= 0.6 is 11.3 Å². The molecule has 0 amide bonds. The van der Waals surface area contributed by atoms with Crippen LogP contribution in [0.1, 0.15) is 70.5 Å². The largest absolute Gasteiger partial charge is 0.303 e. The van der Waals surface area contributed by atoms with Crippen molar-refractivity contribution in [1.82, 2.24) is 10.3 Å². The Morgan fingerprint density at radius 1 is 1.39 bits per heavy atom. The Labute approximate surface area is 115 Å². The van der Waals surface area contributed by atoms with E-state index in [0.717, 1.165) is 5.92 Å². The molecule has 0 aromatic carbocycles. The van der Waals surface area contributed by atoms with Gasteiger partial charge in [0.25, 0.3) is 0 Å². The monoisotopic (exact) mass is 266 g/mol. The molecular weight excluding hydrogens is 240 g/mol. The fourth-order valence-corrected chi connectivity index (χ4v) is 3.67. The highest BCUT2D eigenvalue weighted by Gasteiger charge is 2.37. The van der Waals surface area contributed by atoms with Crippen molar-refractivity contribution in [2.45, 2.75) is 71.4 Å². The van der Waals surface area contributed by atoms with Gasteiger partial charge in [-0.15, -0.1) is 11.3 Å². The number of rotatable bonds is 6. The van der Waals surface area contributed by atoms with Gasteiger partial charge in [-0.05, 0) is 39.0 Å². The third-order valence-corrected chi connectivity index (χ3v) is 4.71. The molecule has 0 radical (unpaired) electrons. The number of nitrogens with zero attached hydrogens (tertiary/aromatic N) is 1. The standard InChI is InChI=1S/C15H26N2S/c1-10(2)13-9-18-14(16-13)15(5,17-11(3)4)8-12-6-7-12/h9-12,17H,6-8H2,1-5H3. The van der Waals surface area contributed by atoms with Crippen LogP contribution in [0.25, 0.3) is 0 Å². The van der Waals surface area contributed by atoms with Crippen molar-refractivity contribution in [2.75, 3.05) is 0 Å². The Bertz CT molecular complexity index is 387. The fraction of sp³-hybridized carbons (Fsp3) is 0.800. The topological polar surface area (TPSA) is 24.9 Å². The minimum Gasteiger partial charge on any atom is -0.303 e. The molecule has 1 heterocycles. The molecule has 1 aromatic rings. The zero-order valence-corrected chi connectivity index (χ0v) is 13.1. The lowest BCUT2D eigenvalue weighted by molar-refractivity contribution is 0.295. The SMILES string of the molecule is CC(C)NC(C)(CC1CC1)c1nc(C(C)C)cs1. The van der Waals surface area contributed by atoms with Crippen molar-refractivity contribution in [2.24, 2.45) is 5.92 Å². The van der Waals surface area contributed by atoms with E-state index in [4.69, 9.17) is 4.98 Å². The van der Waals surface area contributed by atoms with Gasteiger partial charge in [0, 0.05) is 11.4 Å². The molecule has 1 aliphatic rings. The Hall–Kier alpha value is -0.410. The first kappa shape index (κ1) is 14.0. The summed E-state index contributed by atoms with van der Waals surface area (Å²) in [4.78, 5) is 4.87.